The molecule has 382 valence electrons. The average Bonchev–Trinajstić information content (AvgIpc) is 3.30. The number of rotatable bonds is 13. The van der Waals surface area contributed by atoms with Gasteiger partial charge in [0, 0.05) is 26.3 Å². The number of phenolic OH excluding ortho intramolecular Hbond substituents is 1. The molecule has 0 radical (unpaired) electrons. The number of nitrogens with zero attached hydrogens (tertiary/aromatic N) is 2. The number of fused-ring (bicyclic) bond motifs is 2. The van der Waals surface area contributed by atoms with Crippen molar-refractivity contribution >= 4 is 69.2 Å². The molecule has 2 aliphatic heterocycles. The third-order valence-corrected chi connectivity index (χ3v) is 12.7. The topological polar surface area (TPSA) is 302 Å². The van der Waals surface area contributed by atoms with E-state index in [1.54, 1.807) is 51.1 Å². The minimum Gasteiger partial charge on any atom is -0.507 e. The number of phenols is 1. The first kappa shape index (κ1) is 56.2. The average molecular weight is 1040 g/mol. The Labute approximate surface area is 415 Å². The van der Waals surface area contributed by atoms with Gasteiger partial charge < -0.3 is 61.8 Å². The van der Waals surface area contributed by atoms with E-state index in [2.05, 4.69) is 47.8 Å². The van der Waals surface area contributed by atoms with Gasteiger partial charge in [0.25, 0.3) is 11.8 Å². The molecule has 9 N–H and O–H groups in total. The number of aromatic hydroxyl groups is 1. The lowest BCUT2D eigenvalue weighted by Crippen LogP contribution is -2.64. The zero-order valence-corrected chi connectivity index (χ0v) is 42.1. The predicted molar refractivity (Wildman–Crippen MR) is 256 cm³/mol. The first-order chi connectivity index (χ1) is 33.0. The Morgan fingerprint density at radius 3 is 2.14 bits per heavy atom. The van der Waals surface area contributed by atoms with Gasteiger partial charge in [-0.1, -0.05) is 63.2 Å². The molecule has 4 rings (SSSR count). The molecule has 2 bridgehead atoms. The number of aliphatic hydroxyl groups is 2. The van der Waals surface area contributed by atoms with Gasteiger partial charge in [0.15, 0.2) is 0 Å². The van der Waals surface area contributed by atoms with E-state index in [1.807, 2.05) is 0 Å². The van der Waals surface area contributed by atoms with Gasteiger partial charge in [-0.3, -0.25) is 38.4 Å². The standard InChI is InChI=1S/C48H65BrN8O13/c1-9-14-36(60)50-25(5)41(62)54-39(26(6)58)44(65)55-40-27(7)70-48(69)38(24(3)4)53-43(64)33(23-29-17-19-35(59)30(49)21-29)56(8)47(68)34(22-28-15-12-11-13-16-28)57-37(61)20-18-32(46(57)67)52-42(63)31(10-2)51-45(40)66/h10-13,15-17,19,21,24-27,32-34,37-40,58-59,61H,9,14,18,20,22-23H2,1-8H3,(H,50,60)(H,51,66)(H,52,63)(H,53,64)(H,54,62)(H,55,65)/b31-10-/t25-,26+,27+,32-,33-,34-,37+,38-,39-,40-/m0/s1. The van der Waals surface area contributed by atoms with E-state index < -0.39 is 126 Å². The van der Waals surface area contributed by atoms with E-state index in [4.69, 9.17) is 4.74 Å². The van der Waals surface area contributed by atoms with Crippen molar-refractivity contribution in [2.45, 2.75) is 148 Å². The Morgan fingerprint density at radius 1 is 0.886 bits per heavy atom. The van der Waals surface area contributed by atoms with Crippen LogP contribution in [0.3, 0.4) is 0 Å². The van der Waals surface area contributed by atoms with Gasteiger partial charge in [0.1, 0.15) is 66.1 Å². The summed E-state index contributed by atoms with van der Waals surface area (Å²) in [5.41, 5.74) is 0.631. The lowest BCUT2D eigenvalue weighted by Gasteiger charge is -2.43. The van der Waals surface area contributed by atoms with Crippen molar-refractivity contribution in [1.29, 1.82) is 0 Å². The molecule has 0 saturated carbocycles. The Morgan fingerprint density at radius 2 is 1.54 bits per heavy atom. The van der Waals surface area contributed by atoms with Gasteiger partial charge in [0.2, 0.25) is 35.4 Å². The molecule has 70 heavy (non-hydrogen) atoms. The van der Waals surface area contributed by atoms with E-state index in [1.165, 1.54) is 59.0 Å². The Balaban J connectivity index is 1.83. The highest BCUT2D eigenvalue weighted by atomic mass is 79.9. The van der Waals surface area contributed by atoms with Crippen LogP contribution >= 0.6 is 15.9 Å². The number of cyclic esters (lactones) is 1. The smallest absolute Gasteiger partial charge is 0.329 e. The Kier molecular flexibility index (Phi) is 20.4. The van der Waals surface area contributed by atoms with E-state index in [9.17, 15) is 53.7 Å². The number of halogens is 1. The first-order valence-electron chi connectivity index (χ1n) is 23.1. The molecule has 2 fully saturated rings. The number of hydrogen-bond donors (Lipinski definition) is 9. The number of benzene rings is 2. The molecular weight excluding hydrogens is 976 g/mol. The molecule has 2 saturated heterocycles. The van der Waals surface area contributed by atoms with Gasteiger partial charge in [-0.2, -0.15) is 0 Å². The highest BCUT2D eigenvalue weighted by molar-refractivity contribution is 9.10. The molecule has 0 aromatic heterocycles. The van der Waals surface area contributed by atoms with Crippen LogP contribution in [0.1, 0.15) is 85.3 Å². The second-order valence-corrected chi connectivity index (χ2v) is 18.7. The number of aliphatic hydroxyl groups excluding tert-OH is 2. The SMILES string of the molecule is C/C=C1\NC(=O)[C@@H](NC(=O)[C@@H](NC(=O)[C@H](C)NC(=O)CCC)[C@@H](C)O)[C@@H](C)OC(=O)[C@H](C(C)C)NC(=O)[C@H](Cc2ccc(O)c(Br)c2)N(C)C(=O)[C@H](Cc2ccccc2)N2C(=O)[C@H](CC[C@H]2O)NC1=O. The molecule has 10 atom stereocenters. The third kappa shape index (κ3) is 14.6. The van der Waals surface area contributed by atoms with Crippen LogP contribution in [0.25, 0.3) is 0 Å². The van der Waals surface area contributed by atoms with Crippen LogP contribution in [0.15, 0.2) is 64.8 Å². The van der Waals surface area contributed by atoms with Crippen LogP contribution in [0.2, 0.25) is 0 Å². The second kappa shape index (κ2) is 25.5. The number of allylic oxidation sites excluding steroid dienone is 1. The van der Waals surface area contributed by atoms with E-state index in [-0.39, 0.29) is 42.3 Å². The largest absolute Gasteiger partial charge is 0.507 e. The van der Waals surface area contributed by atoms with Crippen molar-refractivity contribution in [2.75, 3.05) is 7.05 Å². The molecular formula is C48H65BrN8O13. The molecule has 2 heterocycles. The Hall–Kier alpha value is -6.39. The van der Waals surface area contributed by atoms with Crippen LogP contribution in [-0.2, 0) is 60.7 Å². The second-order valence-electron chi connectivity index (χ2n) is 17.8. The number of ether oxygens (including phenoxy) is 1. The van der Waals surface area contributed by atoms with Crippen molar-refractivity contribution in [2.24, 2.45) is 5.92 Å². The number of hydrogen-bond acceptors (Lipinski definition) is 13. The molecule has 0 aliphatic carbocycles. The van der Waals surface area contributed by atoms with E-state index in [0.29, 0.717) is 17.5 Å². The van der Waals surface area contributed by atoms with Gasteiger partial charge in [-0.15, -0.1) is 0 Å². The van der Waals surface area contributed by atoms with Gasteiger partial charge >= 0.3 is 5.97 Å². The maximum atomic E-state index is 15.0. The highest BCUT2D eigenvalue weighted by Crippen LogP contribution is 2.28. The van der Waals surface area contributed by atoms with Crippen LogP contribution < -0.4 is 31.9 Å². The number of likely N-dealkylation sites (N-methyl/N-ethyl adjacent to an activating group) is 1. The Bertz CT molecular complexity index is 2300. The molecule has 0 spiro atoms. The van der Waals surface area contributed by atoms with Crippen molar-refractivity contribution in [3.8, 4) is 5.75 Å². The predicted octanol–water partition coefficient (Wildman–Crippen LogP) is 0.322. The summed E-state index contributed by atoms with van der Waals surface area (Å²) < 4.78 is 6.08. The summed E-state index contributed by atoms with van der Waals surface area (Å²) in [4.78, 5) is 128. The fourth-order valence-electron chi connectivity index (χ4n) is 7.94. The van der Waals surface area contributed by atoms with Crippen LogP contribution in [0.5, 0.6) is 5.75 Å². The number of carbonyl (C=O) groups excluding carboxylic acids is 9. The van der Waals surface area contributed by atoms with E-state index in [0.717, 1.165) is 9.80 Å². The van der Waals surface area contributed by atoms with Gasteiger partial charge in [-0.25, -0.2) is 4.79 Å². The van der Waals surface area contributed by atoms with Gasteiger partial charge in [0.05, 0.1) is 10.6 Å². The molecule has 22 heteroatoms. The summed E-state index contributed by atoms with van der Waals surface area (Å²) in [6, 6.07) is 2.65. The summed E-state index contributed by atoms with van der Waals surface area (Å²) in [5.74, 6) is -8.90. The summed E-state index contributed by atoms with van der Waals surface area (Å²) in [7, 11) is 1.34. The molecule has 2 aromatic rings. The number of amides is 8. The van der Waals surface area contributed by atoms with Gasteiger partial charge in [-0.05, 0) is 92.1 Å². The zero-order valence-electron chi connectivity index (χ0n) is 40.5. The third-order valence-electron chi connectivity index (χ3n) is 12.0. The summed E-state index contributed by atoms with van der Waals surface area (Å²) in [6.45, 7) is 10.1. The first-order valence-corrected chi connectivity index (χ1v) is 23.9. The number of piperidine rings is 1. The zero-order chi connectivity index (χ0) is 52.1. The fourth-order valence-corrected chi connectivity index (χ4v) is 8.37. The summed E-state index contributed by atoms with van der Waals surface area (Å²) in [6.07, 6.45) is -3.40. The number of esters is 1. The molecule has 2 aromatic carbocycles. The number of nitrogens with one attached hydrogen (secondary N) is 6. The lowest BCUT2D eigenvalue weighted by molar-refractivity contribution is -0.165. The van der Waals surface area contributed by atoms with Crippen molar-refractivity contribution in [3.05, 3.63) is 75.9 Å². The quantitative estimate of drug-likeness (QED) is 0.0967. The normalized spacial score (nSPS) is 25.0. The maximum Gasteiger partial charge on any atom is 0.329 e. The highest BCUT2D eigenvalue weighted by Gasteiger charge is 2.45. The minimum absolute atomic E-state index is 0.0916. The van der Waals surface area contributed by atoms with Crippen LogP contribution in [0.4, 0.5) is 0 Å². The van der Waals surface area contributed by atoms with Crippen molar-refractivity contribution in [1.82, 2.24) is 41.7 Å². The van der Waals surface area contributed by atoms with Crippen LogP contribution in [-0.4, -0.2) is 146 Å². The minimum atomic E-state index is -1.87. The summed E-state index contributed by atoms with van der Waals surface area (Å²) in [5, 5.41) is 47.4. The van der Waals surface area contributed by atoms with Crippen LogP contribution in [0, 0.1) is 5.92 Å². The lowest BCUT2D eigenvalue weighted by atomic mass is 9.95. The molecule has 2 aliphatic rings. The maximum absolute atomic E-state index is 15.0. The van der Waals surface area contributed by atoms with Crippen molar-refractivity contribution in [3.63, 3.8) is 0 Å². The van der Waals surface area contributed by atoms with Crippen molar-refractivity contribution < 1.29 is 63.2 Å². The fraction of sp³-hybridized carbons (Fsp3) is 0.521. The molecule has 0 unspecified atom stereocenters. The monoisotopic (exact) mass is 1040 g/mol. The molecule has 8 amide bonds. The summed E-state index contributed by atoms with van der Waals surface area (Å²) >= 11 is 3.28. The molecule has 21 nitrogen and oxygen atoms in total. The number of carbonyl (C=O) groups is 9. The van der Waals surface area contributed by atoms with E-state index >= 15 is 4.79 Å².